The van der Waals surface area contributed by atoms with Gasteiger partial charge in [-0.05, 0) is 12.1 Å². The predicted octanol–water partition coefficient (Wildman–Crippen LogP) is 2.64. The van der Waals surface area contributed by atoms with Crippen LogP contribution in [0.2, 0.25) is 0 Å². The molecule has 0 bridgehead atoms. The van der Waals surface area contributed by atoms with E-state index in [-0.39, 0.29) is 6.10 Å². The number of pyridine rings is 1. The highest BCUT2D eigenvalue weighted by molar-refractivity contribution is 5.78. The third kappa shape index (κ3) is 3.45. The lowest BCUT2D eigenvalue weighted by atomic mass is 10.1. The van der Waals surface area contributed by atoms with E-state index in [0.29, 0.717) is 6.61 Å². The molecule has 0 radical (unpaired) electrons. The highest BCUT2D eigenvalue weighted by Crippen LogP contribution is 2.25. The van der Waals surface area contributed by atoms with E-state index in [9.17, 15) is 0 Å². The van der Waals surface area contributed by atoms with Crippen molar-refractivity contribution >= 4 is 16.7 Å². The van der Waals surface area contributed by atoms with Gasteiger partial charge in [0.2, 0.25) is 0 Å². The summed E-state index contributed by atoms with van der Waals surface area (Å²) < 4.78 is 5.94. The molecule has 1 aliphatic heterocycles. The Morgan fingerprint density at radius 2 is 2.04 bits per heavy atom. The molecule has 0 unspecified atom stereocenters. The van der Waals surface area contributed by atoms with Crippen molar-refractivity contribution in [3.63, 3.8) is 0 Å². The lowest BCUT2D eigenvalue weighted by molar-refractivity contribution is -0.0350. The van der Waals surface area contributed by atoms with Crippen molar-refractivity contribution in [2.45, 2.75) is 12.6 Å². The summed E-state index contributed by atoms with van der Waals surface area (Å²) in [5.41, 5.74) is 2.98. The monoisotopic (exact) mass is 335 g/mol. The molecule has 1 aliphatic rings. The van der Waals surface area contributed by atoms with E-state index in [0.717, 1.165) is 42.4 Å². The fraction of sp³-hybridized carbons (Fsp3) is 0.316. The summed E-state index contributed by atoms with van der Waals surface area (Å²) in [4.78, 5) is 15.9. The van der Waals surface area contributed by atoms with E-state index in [1.165, 1.54) is 5.39 Å². The number of morpholine rings is 1. The van der Waals surface area contributed by atoms with E-state index in [2.05, 4.69) is 44.5 Å². The first kappa shape index (κ1) is 15.9. The van der Waals surface area contributed by atoms with Crippen molar-refractivity contribution in [2.75, 3.05) is 32.1 Å². The van der Waals surface area contributed by atoms with Crippen LogP contribution in [0.3, 0.4) is 0 Å². The summed E-state index contributed by atoms with van der Waals surface area (Å²) in [6, 6.07) is 12.4. The zero-order valence-electron chi connectivity index (χ0n) is 14.2. The van der Waals surface area contributed by atoms with Crippen LogP contribution in [0.4, 0.5) is 5.82 Å². The largest absolute Gasteiger partial charge is 0.372 e. The van der Waals surface area contributed by atoms with Gasteiger partial charge in [0.05, 0.1) is 17.8 Å². The van der Waals surface area contributed by atoms with Gasteiger partial charge in [0.1, 0.15) is 17.6 Å². The van der Waals surface area contributed by atoms with E-state index in [1.807, 2.05) is 19.2 Å². The number of fused-ring (bicyclic) bond motifs is 1. The Hall–Kier alpha value is -2.57. The summed E-state index contributed by atoms with van der Waals surface area (Å²) >= 11 is 0. The van der Waals surface area contributed by atoms with Gasteiger partial charge in [-0.25, -0.2) is 4.98 Å². The second kappa shape index (κ2) is 7.13. The number of para-hydroxylation sites is 1. The number of nitrogens with one attached hydrogen (secondary N) is 1. The first-order valence-electron chi connectivity index (χ1n) is 8.51. The Bertz CT molecular complexity index is 869. The number of benzene rings is 1. The fourth-order valence-corrected chi connectivity index (χ4v) is 3.21. The van der Waals surface area contributed by atoms with Crippen molar-refractivity contribution in [1.29, 1.82) is 0 Å². The highest BCUT2D eigenvalue weighted by atomic mass is 16.5. The van der Waals surface area contributed by atoms with Crippen LogP contribution in [0.5, 0.6) is 0 Å². The van der Waals surface area contributed by atoms with Gasteiger partial charge in [-0.3, -0.25) is 14.9 Å². The smallest absolute Gasteiger partial charge is 0.150 e. The molecule has 0 aliphatic carbocycles. The van der Waals surface area contributed by atoms with Gasteiger partial charge in [-0.1, -0.05) is 24.3 Å². The second-order valence-electron chi connectivity index (χ2n) is 6.13. The summed E-state index contributed by atoms with van der Waals surface area (Å²) in [5.74, 6) is 0.776. The Morgan fingerprint density at radius 1 is 1.16 bits per heavy atom. The van der Waals surface area contributed by atoms with Gasteiger partial charge in [-0.15, -0.1) is 0 Å². The molecule has 128 valence electrons. The molecule has 25 heavy (non-hydrogen) atoms. The molecule has 1 atom stereocenters. The zero-order valence-corrected chi connectivity index (χ0v) is 14.2. The lowest BCUT2D eigenvalue weighted by Gasteiger charge is -2.32. The molecule has 1 saturated heterocycles. The van der Waals surface area contributed by atoms with Crippen LogP contribution in [0.15, 0.2) is 48.8 Å². The third-order valence-corrected chi connectivity index (χ3v) is 4.46. The third-order valence-electron chi connectivity index (χ3n) is 4.46. The fourth-order valence-electron chi connectivity index (χ4n) is 3.21. The SMILES string of the molecule is CNc1nccnc1[C@H]1CN(Cc2ccc3ccccc3n2)CCO1. The molecule has 6 heteroatoms. The van der Waals surface area contributed by atoms with Crippen molar-refractivity contribution < 1.29 is 4.74 Å². The average molecular weight is 335 g/mol. The molecule has 1 fully saturated rings. The summed E-state index contributed by atoms with van der Waals surface area (Å²) in [6.45, 7) is 3.15. The van der Waals surface area contributed by atoms with Gasteiger partial charge in [0, 0.05) is 44.5 Å². The normalized spacial score (nSPS) is 18.4. The average Bonchev–Trinajstić information content (AvgIpc) is 2.68. The van der Waals surface area contributed by atoms with Crippen molar-refractivity contribution in [2.24, 2.45) is 0 Å². The minimum absolute atomic E-state index is 0.0784. The molecule has 1 aromatic carbocycles. The molecular formula is C19H21N5O. The van der Waals surface area contributed by atoms with Crippen molar-refractivity contribution in [3.05, 3.63) is 60.2 Å². The summed E-state index contributed by atoms with van der Waals surface area (Å²) in [7, 11) is 1.85. The molecule has 3 aromatic rings. The van der Waals surface area contributed by atoms with Crippen LogP contribution >= 0.6 is 0 Å². The highest BCUT2D eigenvalue weighted by Gasteiger charge is 2.25. The van der Waals surface area contributed by atoms with Crippen LogP contribution in [-0.2, 0) is 11.3 Å². The second-order valence-corrected chi connectivity index (χ2v) is 6.13. The standard InChI is InChI=1S/C19H21N5O/c1-20-19-18(21-8-9-22-19)17-13-24(10-11-25-17)12-15-7-6-14-4-2-3-5-16(14)23-15/h2-9,17H,10-13H2,1H3,(H,20,22)/t17-/m1/s1. The Morgan fingerprint density at radius 3 is 2.96 bits per heavy atom. The van der Waals surface area contributed by atoms with Crippen LogP contribution < -0.4 is 5.32 Å². The summed E-state index contributed by atoms with van der Waals surface area (Å²) in [6.07, 6.45) is 3.32. The molecule has 0 spiro atoms. The minimum Gasteiger partial charge on any atom is -0.372 e. The molecule has 1 N–H and O–H groups in total. The van der Waals surface area contributed by atoms with Crippen molar-refractivity contribution in [3.8, 4) is 0 Å². The van der Waals surface area contributed by atoms with Gasteiger partial charge < -0.3 is 10.1 Å². The number of hydrogen-bond donors (Lipinski definition) is 1. The minimum atomic E-state index is -0.0784. The number of anilines is 1. The topological polar surface area (TPSA) is 63.2 Å². The molecule has 2 aromatic heterocycles. The van der Waals surface area contributed by atoms with Gasteiger partial charge in [0.15, 0.2) is 0 Å². The van der Waals surface area contributed by atoms with E-state index >= 15 is 0 Å². The Labute approximate surface area is 146 Å². The zero-order chi connectivity index (χ0) is 17.1. The molecule has 0 amide bonds. The van der Waals surface area contributed by atoms with E-state index < -0.39 is 0 Å². The lowest BCUT2D eigenvalue weighted by Crippen LogP contribution is -2.38. The molecule has 6 nitrogen and oxygen atoms in total. The van der Waals surface area contributed by atoms with Crippen LogP contribution in [0, 0.1) is 0 Å². The quantitative estimate of drug-likeness (QED) is 0.791. The van der Waals surface area contributed by atoms with Gasteiger partial charge in [0.25, 0.3) is 0 Å². The predicted molar refractivity (Wildman–Crippen MR) is 97.3 cm³/mol. The Kier molecular flexibility index (Phi) is 4.54. The van der Waals surface area contributed by atoms with Crippen LogP contribution in [-0.4, -0.2) is 46.6 Å². The number of nitrogens with zero attached hydrogens (tertiary/aromatic N) is 4. The van der Waals surface area contributed by atoms with Crippen LogP contribution in [0.25, 0.3) is 10.9 Å². The van der Waals surface area contributed by atoms with E-state index in [4.69, 9.17) is 9.72 Å². The molecule has 0 saturated carbocycles. The van der Waals surface area contributed by atoms with E-state index in [1.54, 1.807) is 12.4 Å². The van der Waals surface area contributed by atoms with Gasteiger partial charge >= 0.3 is 0 Å². The number of rotatable bonds is 4. The maximum absolute atomic E-state index is 5.94. The molecule has 4 rings (SSSR count). The number of aromatic nitrogens is 3. The summed E-state index contributed by atoms with van der Waals surface area (Å²) in [5, 5.41) is 4.26. The van der Waals surface area contributed by atoms with Crippen LogP contribution in [0.1, 0.15) is 17.5 Å². The molecular weight excluding hydrogens is 314 g/mol. The Balaban J connectivity index is 1.50. The number of ether oxygens (including phenoxy) is 1. The molecule has 3 heterocycles. The van der Waals surface area contributed by atoms with Gasteiger partial charge in [-0.2, -0.15) is 0 Å². The number of hydrogen-bond acceptors (Lipinski definition) is 6. The first-order valence-corrected chi connectivity index (χ1v) is 8.51. The maximum atomic E-state index is 5.94. The van der Waals surface area contributed by atoms with Crippen molar-refractivity contribution in [1.82, 2.24) is 19.9 Å². The first-order chi connectivity index (χ1) is 12.3. The maximum Gasteiger partial charge on any atom is 0.150 e.